The van der Waals surface area contributed by atoms with Crippen LogP contribution < -0.4 is 19.6 Å². The van der Waals surface area contributed by atoms with Gasteiger partial charge in [-0.2, -0.15) is 0 Å². The van der Waals surface area contributed by atoms with Gasteiger partial charge in [0, 0.05) is 17.5 Å². The van der Waals surface area contributed by atoms with Gasteiger partial charge >= 0.3 is 5.97 Å². The van der Waals surface area contributed by atoms with Crippen molar-refractivity contribution in [1.82, 2.24) is 9.97 Å². The zero-order chi connectivity index (χ0) is 21.5. The highest BCUT2D eigenvalue weighted by Gasteiger charge is 2.13. The van der Waals surface area contributed by atoms with E-state index < -0.39 is 11.4 Å². The molecule has 0 saturated heterocycles. The van der Waals surface area contributed by atoms with Crippen LogP contribution >= 0.6 is 11.8 Å². The van der Waals surface area contributed by atoms with Crippen molar-refractivity contribution in [2.45, 2.75) is 24.8 Å². The van der Waals surface area contributed by atoms with Crippen LogP contribution in [0.2, 0.25) is 0 Å². The van der Waals surface area contributed by atoms with Crippen molar-refractivity contribution in [3.05, 3.63) is 70.0 Å². The summed E-state index contributed by atoms with van der Waals surface area (Å²) < 4.78 is 21.0. The number of hydrogen-bond donors (Lipinski definition) is 0. The summed E-state index contributed by atoms with van der Waals surface area (Å²) in [7, 11) is 1.50. The quantitative estimate of drug-likeness (QED) is 0.304. The van der Waals surface area contributed by atoms with Gasteiger partial charge in [0.2, 0.25) is 11.2 Å². The molecule has 3 rings (SSSR count). The Morgan fingerprint density at radius 2 is 1.77 bits per heavy atom. The van der Waals surface area contributed by atoms with E-state index in [2.05, 4.69) is 9.97 Å². The maximum absolute atomic E-state index is 12.2. The molecule has 0 fully saturated rings. The van der Waals surface area contributed by atoms with Gasteiger partial charge in [0.1, 0.15) is 12.0 Å². The van der Waals surface area contributed by atoms with Gasteiger partial charge in [-0.1, -0.05) is 23.9 Å². The second-order valence-electron chi connectivity index (χ2n) is 6.21. The third-order valence-electron chi connectivity index (χ3n) is 3.80. The van der Waals surface area contributed by atoms with E-state index in [4.69, 9.17) is 18.6 Å². The number of ether oxygens (including phenoxy) is 3. The molecule has 0 aliphatic heterocycles. The summed E-state index contributed by atoms with van der Waals surface area (Å²) in [4.78, 5) is 32.9. The molecule has 0 N–H and O–H groups in total. The van der Waals surface area contributed by atoms with Gasteiger partial charge in [-0.15, -0.1) is 0 Å². The topological polar surface area (TPSA) is 101 Å². The van der Waals surface area contributed by atoms with E-state index in [1.807, 2.05) is 19.9 Å². The number of para-hydroxylation sites is 2. The van der Waals surface area contributed by atoms with Crippen LogP contribution in [0.15, 0.2) is 57.0 Å². The zero-order valence-electron chi connectivity index (χ0n) is 16.7. The number of carbonyl (C=O) groups is 1. The minimum Gasteiger partial charge on any atom is -0.493 e. The molecule has 0 spiro atoms. The summed E-state index contributed by atoms with van der Waals surface area (Å²) >= 11 is 1.35. The third-order valence-corrected chi connectivity index (χ3v) is 4.67. The molecule has 0 atom stereocenters. The number of nitrogens with zero attached hydrogens (tertiary/aromatic N) is 2. The Morgan fingerprint density at radius 1 is 1.07 bits per heavy atom. The molecule has 0 aliphatic rings. The van der Waals surface area contributed by atoms with E-state index in [1.54, 1.807) is 24.3 Å². The molecular weight excluding hydrogens is 408 g/mol. The van der Waals surface area contributed by atoms with Gasteiger partial charge in [-0.25, -0.2) is 14.8 Å². The van der Waals surface area contributed by atoms with E-state index in [-0.39, 0.29) is 12.4 Å². The summed E-state index contributed by atoms with van der Waals surface area (Å²) in [6, 6.07) is 10.0. The predicted octanol–water partition coefficient (Wildman–Crippen LogP) is 3.33. The number of rotatable bonds is 8. The summed E-state index contributed by atoms with van der Waals surface area (Å²) in [6.45, 7) is 3.39. The molecule has 0 bridgehead atoms. The van der Waals surface area contributed by atoms with Gasteiger partial charge in [-0.05, 0) is 32.0 Å². The van der Waals surface area contributed by atoms with Crippen molar-refractivity contribution in [3.8, 4) is 17.2 Å². The monoisotopic (exact) mass is 428 g/mol. The second kappa shape index (κ2) is 9.93. The molecule has 0 unspecified atom stereocenters. The molecule has 0 aliphatic carbocycles. The molecule has 2 heterocycles. The summed E-state index contributed by atoms with van der Waals surface area (Å²) in [5.74, 6) is 0.713. The Balaban J connectivity index is 1.57. The molecular formula is C21H20N2O6S. The van der Waals surface area contributed by atoms with Gasteiger partial charge in [0.15, 0.2) is 23.3 Å². The fraction of sp³-hybridized carbons (Fsp3) is 0.238. The van der Waals surface area contributed by atoms with Crippen LogP contribution in [0.25, 0.3) is 0 Å². The number of benzene rings is 1. The first-order chi connectivity index (χ1) is 14.4. The van der Waals surface area contributed by atoms with Crippen LogP contribution in [-0.4, -0.2) is 29.7 Å². The normalized spacial score (nSPS) is 10.5. The van der Waals surface area contributed by atoms with Crippen LogP contribution in [0.5, 0.6) is 17.2 Å². The molecule has 8 nitrogen and oxygen atoms in total. The van der Waals surface area contributed by atoms with Crippen molar-refractivity contribution in [2.24, 2.45) is 0 Å². The molecule has 1 aromatic carbocycles. The lowest BCUT2D eigenvalue weighted by molar-refractivity contribution is -0.136. The highest BCUT2D eigenvalue weighted by molar-refractivity contribution is 7.98. The first-order valence-electron chi connectivity index (χ1n) is 8.98. The first kappa shape index (κ1) is 21.4. The number of aryl methyl sites for hydroxylation is 2. The van der Waals surface area contributed by atoms with Crippen LogP contribution in [0, 0.1) is 13.8 Å². The largest absolute Gasteiger partial charge is 0.493 e. The van der Waals surface area contributed by atoms with E-state index >= 15 is 0 Å². The van der Waals surface area contributed by atoms with Gasteiger partial charge in [-0.3, -0.25) is 4.79 Å². The Labute approximate surface area is 177 Å². The zero-order valence-corrected chi connectivity index (χ0v) is 17.5. The highest BCUT2D eigenvalue weighted by Crippen LogP contribution is 2.25. The van der Waals surface area contributed by atoms with Crippen LogP contribution in [0.1, 0.15) is 17.1 Å². The minimum absolute atomic E-state index is 0.208. The molecule has 156 valence electrons. The van der Waals surface area contributed by atoms with Crippen molar-refractivity contribution >= 4 is 17.7 Å². The first-order valence-corrected chi connectivity index (χ1v) is 9.96. The molecule has 3 aromatic rings. The molecule has 2 aromatic heterocycles. The maximum atomic E-state index is 12.2. The Bertz CT molecular complexity index is 1080. The fourth-order valence-corrected chi connectivity index (χ4v) is 3.35. The third kappa shape index (κ3) is 5.84. The minimum atomic E-state index is -0.737. The maximum Gasteiger partial charge on any atom is 0.349 e. The van der Waals surface area contributed by atoms with E-state index in [9.17, 15) is 9.59 Å². The number of thioether (sulfide) groups is 1. The van der Waals surface area contributed by atoms with Crippen LogP contribution in [-0.2, 0) is 10.5 Å². The lowest BCUT2D eigenvalue weighted by Crippen LogP contribution is -2.21. The predicted molar refractivity (Wildman–Crippen MR) is 110 cm³/mol. The van der Waals surface area contributed by atoms with Crippen molar-refractivity contribution in [1.29, 1.82) is 0 Å². The lowest BCUT2D eigenvalue weighted by Gasteiger charge is -2.09. The van der Waals surface area contributed by atoms with Crippen molar-refractivity contribution in [3.63, 3.8) is 0 Å². The molecule has 0 amide bonds. The number of esters is 1. The standard InChI is InChI=1S/C21H20N2O6S/c1-13-8-14(2)23-21(22-13)30-12-15-9-16(24)19(10-27-15)29-20(25)11-28-18-7-5-4-6-17(18)26-3/h4-10H,11-12H2,1-3H3. The van der Waals surface area contributed by atoms with Crippen molar-refractivity contribution in [2.75, 3.05) is 13.7 Å². The average Bonchev–Trinajstić information content (AvgIpc) is 2.72. The van der Waals surface area contributed by atoms with Gasteiger partial charge < -0.3 is 18.6 Å². The molecule has 0 saturated carbocycles. The van der Waals surface area contributed by atoms with Gasteiger partial charge in [0.05, 0.1) is 12.9 Å². The molecule has 0 radical (unpaired) electrons. The van der Waals surface area contributed by atoms with Crippen molar-refractivity contribution < 1.29 is 23.4 Å². The number of hydrogen-bond acceptors (Lipinski definition) is 9. The van der Waals surface area contributed by atoms with Crippen LogP contribution in [0.3, 0.4) is 0 Å². The Morgan fingerprint density at radius 3 is 2.43 bits per heavy atom. The number of carbonyl (C=O) groups excluding carboxylic acids is 1. The number of methoxy groups -OCH3 is 1. The van der Waals surface area contributed by atoms with E-state index in [1.165, 1.54) is 24.9 Å². The van der Waals surface area contributed by atoms with Crippen LogP contribution in [0.4, 0.5) is 0 Å². The smallest absolute Gasteiger partial charge is 0.349 e. The molecule has 9 heteroatoms. The fourth-order valence-electron chi connectivity index (χ4n) is 2.51. The van der Waals surface area contributed by atoms with E-state index in [0.717, 1.165) is 17.7 Å². The SMILES string of the molecule is COc1ccccc1OCC(=O)Oc1coc(CSc2nc(C)cc(C)n2)cc1=O. The summed E-state index contributed by atoms with van der Waals surface area (Å²) in [5.41, 5.74) is 1.26. The average molecular weight is 428 g/mol. The Kier molecular flexibility index (Phi) is 7.08. The number of aromatic nitrogens is 2. The Hall–Kier alpha value is -3.33. The summed E-state index contributed by atoms with van der Waals surface area (Å²) in [6.07, 6.45) is 1.11. The van der Waals surface area contributed by atoms with E-state index in [0.29, 0.717) is 28.2 Å². The second-order valence-corrected chi connectivity index (χ2v) is 7.15. The lowest BCUT2D eigenvalue weighted by atomic mass is 10.3. The molecule has 30 heavy (non-hydrogen) atoms. The van der Waals surface area contributed by atoms with Gasteiger partial charge in [0.25, 0.3) is 0 Å². The summed E-state index contributed by atoms with van der Waals surface area (Å²) in [5, 5.41) is 0.596. The highest BCUT2D eigenvalue weighted by atomic mass is 32.2.